The van der Waals surface area contributed by atoms with E-state index < -0.39 is 18.5 Å². The van der Waals surface area contributed by atoms with E-state index in [0.29, 0.717) is 24.4 Å². The molecule has 0 saturated heterocycles. The number of fused-ring (bicyclic) bond motifs is 3. The van der Waals surface area contributed by atoms with Crippen molar-refractivity contribution in [2.75, 3.05) is 6.61 Å². The minimum absolute atomic E-state index is 0.0158. The molecule has 5 aliphatic carbocycles. The molecule has 0 amide bonds. The summed E-state index contributed by atoms with van der Waals surface area (Å²) in [7, 11) is 0. The van der Waals surface area contributed by atoms with Crippen molar-refractivity contribution >= 4 is 0 Å². The lowest BCUT2D eigenvalue weighted by atomic mass is 9.34. The van der Waals surface area contributed by atoms with E-state index in [4.69, 9.17) is 4.74 Å². The fourth-order valence-electron chi connectivity index (χ4n) is 13.4. The highest BCUT2D eigenvalue weighted by Gasteiger charge is 2.70. The predicted molar refractivity (Wildman–Crippen MR) is 173 cm³/mol. The molecule has 5 heteroatoms. The molecule has 0 heterocycles. The SMILES string of the molecule is CCOC(O)CCCC1CCC(C2CCC(C)C3C(O)C4C(C)C5(C)C(O)C(C(C)O)C(C)CC5(C)CC4(C)CC23)CC1. The van der Waals surface area contributed by atoms with Crippen molar-refractivity contribution in [3.8, 4) is 0 Å². The van der Waals surface area contributed by atoms with Crippen molar-refractivity contribution < 1.29 is 25.2 Å². The molecular formula is C38H68O5. The van der Waals surface area contributed by atoms with Crippen LogP contribution in [0.2, 0.25) is 0 Å². The van der Waals surface area contributed by atoms with Crippen LogP contribution in [0.4, 0.5) is 0 Å². The van der Waals surface area contributed by atoms with Crippen LogP contribution in [-0.4, -0.2) is 51.6 Å². The standard InChI is InChI=1S/C38H68O5/c1-9-43-30(40)12-10-11-26-14-16-27(17-15-26)28-18-13-22(2)32-29(28)20-36(6)21-37(7)19-23(3)31(25(5)39)35(42)38(37,8)24(4)33(36)34(32)41/h22-35,39-42H,9-21H2,1-8H3. The fourth-order valence-corrected chi connectivity index (χ4v) is 13.4. The van der Waals surface area contributed by atoms with E-state index in [0.717, 1.165) is 43.4 Å². The molecule has 0 bridgehead atoms. The Morgan fingerprint density at radius 2 is 1.53 bits per heavy atom. The number of rotatable bonds is 8. The van der Waals surface area contributed by atoms with Gasteiger partial charge in [0.2, 0.25) is 0 Å². The highest BCUT2D eigenvalue weighted by molar-refractivity contribution is 5.18. The van der Waals surface area contributed by atoms with Crippen LogP contribution in [0, 0.1) is 75.4 Å². The van der Waals surface area contributed by atoms with Gasteiger partial charge >= 0.3 is 0 Å². The van der Waals surface area contributed by atoms with Crippen LogP contribution in [0.3, 0.4) is 0 Å². The first-order valence-electron chi connectivity index (χ1n) is 18.5. The van der Waals surface area contributed by atoms with Crippen LogP contribution in [0.5, 0.6) is 0 Å². The first kappa shape index (κ1) is 34.1. The third-order valence-corrected chi connectivity index (χ3v) is 15.4. The predicted octanol–water partition coefficient (Wildman–Crippen LogP) is 7.43. The zero-order valence-electron chi connectivity index (χ0n) is 29.0. The molecule has 0 radical (unpaired) electrons. The maximum atomic E-state index is 12.5. The van der Waals surface area contributed by atoms with Gasteiger partial charge in [-0.2, -0.15) is 0 Å². The Bertz CT molecular complexity index is 931. The lowest BCUT2D eigenvalue weighted by molar-refractivity contribution is -0.280. The molecule has 4 N–H and O–H groups in total. The lowest BCUT2D eigenvalue weighted by Gasteiger charge is -2.72. The molecule has 0 aromatic heterocycles. The maximum absolute atomic E-state index is 12.5. The van der Waals surface area contributed by atoms with Crippen LogP contribution >= 0.6 is 0 Å². The summed E-state index contributed by atoms with van der Waals surface area (Å²) < 4.78 is 5.33. The highest BCUT2D eigenvalue weighted by atomic mass is 16.6. The van der Waals surface area contributed by atoms with Crippen molar-refractivity contribution in [2.24, 2.45) is 75.4 Å². The fraction of sp³-hybridized carbons (Fsp3) is 1.00. The molecule has 0 aliphatic heterocycles. The van der Waals surface area contributed by atoms with Gasteiger partial charge in [0.15, 0.2) is 6.29 Å². The van der Waals surface area contributed by atoms with Crippen LogP contribution in [-0.2, 0) is 4.74 Å². The molecular weight excluding hydrogens is 536 g/mol. The van der Waals surface area contributed by atoms with Gasteiger partial charge in [-0.1, -0.05) is 67.2 Å². The van der Waals surface area contributed by atoms with Gasteiger partial charge in [0, 0.05) is 17.9 Å². The van der Waals surface area contributed by atoms with Crippen molar-refractivity contribution in [3.05, 3.63) is 0 Å². The zero-order chi connectivity index (χ0) is 31.5. The normalized spacial score (nSPS) is 53.3. The first-order valence-corrected chi connectivity index (χ1v) is 18.5. The van der Waals surface area contributed by atoms with Gasteiger partial charge in [-0.15, -0.1) is 0 Å². The van der Waals surface area contributed by atoms with E-state index in [1.54, 1.807) is 0 Å². The second-order valence-corrected chi connectivity index (χ2v) is 17.7. The molecule has 5 rings (SSSR count). The molecule has 15 atom stereocenters. The van der Waals surface area contributed by atoms with E-state index in [1.165, 1.54) is 51.4 Å². The van der Waals surface area contributed by atoms with Gasteiger partial charge in [0.25, 0.3) is 0 Å². The molecule has 43 heavy (non-hydrogen) atoms. The third kappa shape index (κ3) is 5.80. The Hall–Kier alpha value is -0.200. The quantitative estimate of drug-likeness (QED) is 0.216. The average molecular weight is 605 g/mol. The van der Waals surface area contributed by atoms with Gasteiger partial charge in [-0.25, -0.2) is 0 Å². The van der Waals surface area contributed by atoms with Crippen molar-refractivity contribution in [1.29, 1.82) is 0 Å². The van der Waals surface area contributed by atoms with Crippen molar-refractivity contribution in [1.82, 2.24) is 0 Å². The van der Waals surface area contributed by atoms with Crippen LogP contribution in [0.15, 0.2) is 0 Å². The van der Waals surface area contributed by atoms with Gasteiger partial charge < -0.3 is 25.2 Å². The minimum Gasteiger partial charge on any atom is -0.393 e. The largest absolute Gasteiger partial charge is 0.393 e. The summed E-state index contributed by atoms with van der Waals surface area (Å²) in [5.74, 6) is 4.34. The summed E-state index contributed by atoms with van der Waals surface area (Å²) in [6.07, 6.45) is 12.2. The summed E-state index contributed by atoms with van der Waals surface area (Å²) in [5.41, 5.74) is -0.273. The van der Waals surface area contributed by atoms with Crippen LogP contribution in [0.25, 0.3) is 0 Å². The lowest BCUT2D eigenvalue weighted by Crippen LogP contribution is -2.70. The van der Waals surface area contributed by atoms with E-state index in [2.05, 4.69) is 41.5 Å². The van der Waals surface area contributed by atoms with Gasteiger partial charge in [-0.3, -0.25) is 0 Å². The topological polar surface area (TPSA) is 90.2 Å². The molecule has 15 unspecified atom stereocenters. The maximum Gasteiger partial charge on any atom is 0.154 e. The Labute approximate surface area is 264 Å². The Kier molecular flexibility index (Phi) is 10.1. The van der Waals surface area contributed by atoms with Gasteiger partial charge in [-0.05, 0) is 129 Å². The molecule has 0 spiro atoms. The monoisotopic (exact) mass is 605 g/mol. The average Bonchev–Trinajstić information content (AvgIpc) is 2.91. The van der Waals surface area contributed by atoms with E-state index in [-0.39, 0.29) is 46.0 Å². The van der Waals surface area contributed by atoms with Crippen LogP contribution in [0.1, 0.15) is 132 Å². The summed E-state index contributed by atoms with van der Waals surface area (Å²) in [6.45, 7) is 18.6. The zero-order valence-corrected chi connectivity index (χ0v) is 29.0. The summed E-state index contributed by atoms with van der Waals surface area (Å²) in [4.78, 5) is 0. The van der Waals surface area contributed by atoms with Gasteiger partial charge in [0.1, 0.15) is 0 Å². The molecule has 250 valence electrons. The molecule has 0 aromatic rings. The minimum atomic E-state index is -0.604. The van der Waals surface area contributed by atoms with E-state index >= 15 is 0 Å². The third-order valence-electron chi connectivity index (χ3n) is 15.4. The van der Waals surface area contributed by atoms with Gasteiger partial charge in [0.05, 0.1) is 18.3 Å². The Morgan fingerprint density at radius 1 is 0.860 bits per heavy atom. The van der Waals surface area contributed by atoms with E-state index in [9.17, 15) is 20.4 Å². The molecule has 5 fully saturated rings. The first-order chi connectivity index (χ1) is 20.2. The second kappa shape index (κ2) is 12.8. The van der Waals surface area contributed by atoms with Crippen molar-refractivity contribution in [3.63, 3.8) is 0 Å². The highest BCUT2D eigenvalue weighted by Crippen LogP contribution is 2.73. The second-order valence-electron chi connectivity index (χ2n) is 17.7. The molecule has 5 nitrogen and oxygen atoms in total. The van der Waals surface area contributed by atoms with E-state index in [1.807, 2.05) is 13.8 Å². The number of aliphatic hydroxyl groups is 4. The number of hydrogen-bond acceptors (Lipinski definition) is 5. The Balaban J connectivity index is 1.33. The summed E-state index contributed by atoms with van der Waals surface area (Å²) in [5, 5.41) is 45.2. The van der Waals surface area contributed by atoms with Crippen LogP contribution < -0.4 is 0 Å². The number of ether oxygens (including phenoxy) is 1. The smallest absolute Gasteiger partial charge is 0.154 e. The van der Waals surface area contributed by atoms with Crippen molar-refractivity contribution in [2.45, 2.75) is 157 Å². The molecule has 5 saturated carbocycles. The summed E-state index contributed by atoms with van der Waals surface area (Å²) >= 11 is 0. The summed E-state index contributed by atoms with van der Waals surface area (Å²) in [6, 6.07) is 0. The Morgan fingerprint density at radius 3 is 2.16 bits per heavy atom. The molecule has 0 aromatic carbocycles. The number of aliphatic hydroxyl groups excluding tert-OH is 4. The molecule has 5 aliphatic rings. The number of hydrogen-bond donors (Lipinski definition) is 4.